The van der Waals surface area contributed by atoms with Crippen molar-refractivity contribution in [1.29, 1.82) is 0 Å². The minimum atomic E-state index is -0.655. The quantitative estimate of drug-likeness (QED) is 0.665. The summed E-state index contributed by atoms with van der Waals surface area (Å²) in [6, 6.07) is 8.80. The number of aromatic amines is 1. The summed E-state index contributed by atoms with van der Waals surface area (Å²) in [5.74, 6) is -0.117. The molecule has 1 aliphatic heterocycles. The summed E-state index contributed by atoms with van der Waals surface area (Å²) in [5, 5.41) is 7.90. The van der Waals surface area contributed by atoms with Gasteiger partial charge in [0.15, 0.2) is 5.82 Å². The van der Waals surface area contributed by atoms with E-state index in [2.05, 4.69) is 25.0 Å². The first-order valence-corrected chi connectivity index (χ1v) is 9.33. The maximum absolute atomic E-state index is 11.3. The Bertz CT molecular complexity index is 1020. The van der Waals surface area contributed by atoms with E-state index in [0.29, 0.717) is 41.2 Å². The van der Waals surface area contributed by atoms with Gasteiger partial charge in [-0.2, -0.15) is 0 Å². The number of H-pyrrole nitrogens is 1. The predicted octanol–water partition coefficient (Wildman–Crippen LogP) is 2.84. The second kappa shape index (κ2) is 8.32. The monoisotopic (exact) mass is 422 g/mol. The molecule has 3 heterocycles. The first kappa shape index (κ1) is 18.9. The highest BCUT2D eigenvalue weighted by atomic mass is 35.5. The zero-order valence-electron chi connectivity index (χ0n) is 14.5. The fraction of sp³-hybridized carbons (Fsp3) is 0.278. The van der Waals surface area contributed by atoms with Crippen LogP contribution < -0.4 is 15.8 Å². The van der Waals surface area contributed by atoms with E-state index in [0.717, 1.165) is 5.56 Å². The molecule has 1 aliphatic rings. The molecule has 0 spiro atoms. The molecule has 2 N–H and O–H groups in total. The van der Waals surface area contributed by atoms with E-state index in [1.807, 2.05) is 6.07 Å². The van der Waals surface area contributed by atoms with Gasteiger partial charge in [-0.3, -0.25) is 9.51 Å². The molecule has 1 fully saturated rings. The van der Waals surface area contributed by atoms with E-state index in [9.17, 15) is 4.79 Å². The summed E-state index contributed by atoms with van der Waals surface area (Å²) < 4.78 is 16.8. The van der Waals surface area contributed by atoms with Gasteiger partial charge in [0.25, 0.3) is 0 Å². The van der Waals surface area contributed by atoms with Gasteiger partial charge < -0.3 is 14.8 Å². The van der Waals surface area contributed by atoms with Crippen molar-refractivity contribution in [1.82, 2.24) is 20.4 Å². The zero-order chi connectivity index (χ0) is 19.5. The van der Waals surface area contributed by atoms with Crippen LogP contribution in [0.5, 0.6) is 5.88 Å². The molecular weight excluding hydrogens is 407 g/mol. The summed E-state index contributed by atoms with van der Waals surface area (Å²) in [6.45, 7) is 1.72. The molecule has 146 valence electrons. The zero-order valence-corrected chi connectivity index (χ0v) is 16.0. The van der Waals surface area contributed by atoms with Gasteiger partial charge in [-0.25, -0.2) is 9.78 Å². The van der Waals surface area contributed by atoms with Crippen LogP contribution in [0.4, 0.5) is 0 Å². The van der Waals surface area contributed by atoms with Crippen molar-refractivity contribution in [3.63, 3.8) is 0 Å². The number of pyridine rings is 1. The Morgan fingerprint density at radius 1 is 1.21 bits per heavy atom. The molecule has 1 saturated heterocycles. The number of benzene rings is 1. The molecule has 0 saturated carbocycles. The van der Waals surface area contributed by atoms with Crippen molar-refractivity contribution in [3.8, 4) is 17.3 Å². The lowest BCUT2D eigenvalue weighted by Crippen LogP contribution is -2.34. The molecule has 0 aliphatic carbocycles. The minimum Gasteiger partial charge on any atom is -0.469 e. The Labute approximate surface area is 169 Å². The van der Waals surface area contributed by atoms with Crippen LogP contribution in [0.15, 0.2) is 45.8 Å². The second-order valence-electron chi connectivity index (χ2n) is 6.13. The molecular formula is C18H16Cl2N4O4. The third kappa shape index (κ3) is 4.05. The van der Waals surface area contributed by atoms with Crippen LogP contribution in [0.2, 0.25) is 10.0 Å². The van der Waals surface area contributed by atoms with Gasteiger partial charge >= 0.3 is 5.76 Å². The number of aromatic nitrogens is 3. The molecule has 10 heteroatoms. The van der Waals surface area contributed by atoms with Gasteiger partial charge in [0, 0.05) is 19.3 Å². The highest BCUT2D eigenvalue weighted by Crippen LogP contribution is 2.33. The van der Waals surface area contributed by atoms with E-state index in [1.54, 1.807) is 30.5 Å². The highest BCUT2D eigenvalue weighted by Gasteiger charge is 2.30. The van der Waals surface area contributed by atoms with Crippen molar-refractivity contribution in [2.45, 2.75) is 12.2 Å². The predicted molar refractivity (Wildman–Crippen MR) is 103 cm³/mol. The van der Waals surface area contributed by atoms with Gasteiger partial charge in [0.2, 0.25) is 5.88 Å². The average molecular weight is 423 g/mol. The van der Waals surface area contributed by atoms with Crippen LogP contribution in [-0.4, -0.2) is 40.9 Å². The molecule has 28 heavy (non-hydrogen) atoms. The molecule has 1 unspecified atom stereocenters. The lowest BCUT2D eigenvalue weighted by atomic mass is 10.0. The number of rotatable bonds is 4. The number of hydrogen-bond donors (Lipinski definition) is 2. The SMILES string of the molecule is O=c1[nH]c(-c2cccnc2O[C@H]2CNCCOC2c2ccc(Cl)c(Cl)c2)no1. The number of ether oxygens (including phenoxy) is 2. The molecule has 1 aromatic carbocycles. The lowest BCUT2D eigenvalue weighted by Gasteiger charge is -2.26. The largest absolute Gasteiger partial charge is 0.469 e. The molecule has 0 radical (unpaired) electrons. The van der Waals surface area contributed by atoms with Crippen molar-refractivity contribution in [2.75, 3.05) is 19.7 Å². The number of halogens is 2. The van der Waals surface area contributed by atoms with Crippen molar-refractivity contribution < 1.29 is 14.0 Å². The average Bonchev–Trinajstić information content (AvgIpc) is 2.99. The molecule has 2 aromatic heterocycles. The molecule has 3 aromatic rings. The highest BCUT2D eigenvalue weighted by molar-refractivity contribution is 6.42. The third-order valence-electron chi connectivity index (χ3n) is 4.26. The van der Waals surface area contributed by atoms with Crippen molar-refractivity contribution >= 4 is 23.2 Å². The third-order valence-corrected chi connectivity index (χ3v) is 5.00. The smallest absolute Gasteiger partial charge is 0.439 e. The molecule has 8 nitrogen and oxygen atoms in total. The van der Waals surface area contributed by atoms with Crippen molar-refractivity contribution in [2.24, 2.45) is 0 Å². The Kier molecular flexibility index (Phi) is 5.63. The Balaban J connectivity index is 1.66. The Morgan fingerprint density at radius 2 is 2.11 bits per heavy atom. The summed E-state index contributed by atoms with van der Waals surface area (Å²) >= 11 is 12.2. The van der Waals surface area contributed by atoms with Gasteiger partial charge in [-0.15, -0.1) is 0 Å². The van der Waals surface area contributed by atoms with Gasteiger partial charge in [0.1, 0.15) is 12.2 Å². The molecule has 2 atom stereocenters. The number of nitrogens with zero attached hydrogens (tertiary/aromatic N) is 2. The lowest BCUT2D eigenvalue weighted by molar-refractivity contribution is -0.00981. The van der Waals surface area contributed by atoms with E-state index in [4.69, 9.17) is 32.7 Å². The standard InChI is InChI=1S/C18H16Cl2N4O4/c19-12-4-3-10(8-13(12)20)15-14(9-21-6-7-26-15)27-17-11(2-1-5-22-17)16-23-18(25)28-24-16/h1-5,8,14-15,21H,6-7,9H2,(H,23,24,25)/t14-,15?/m0/s1. The first-order valence-electron chi connectivity index (χ1n) is 8.57. The summed E-state index contributed by atoms with van der Waals surface area (Å²) in [4.78, 5) is 18.1. The maximum Gasteiger partial charge on any atom is 0.439 e. The molecule has 0 bridgehead atoms. The van der Waals surface area contributed by atoms with E-state index >= 15 is 0 Å². The fourth-order valence-corrected chi connectivity index (χ4v) is 3.28. The maximum atomic E-state index is 11.3. The Hall–Kier alpha value is -2.39. The van der Waals surface area contributed by atoms with E-state index in [-0.39, 0.29) is 5.82 Å². The molecule has 4 rings (SSSR count). The van der Waals surface area contributed by atoms with E-state index < -0.39 is 18.0 Å². The van der Waals surface area contributed by atoms with Crippen LogP contribution in [0.3, 0.4) is 0 Å². The second-order valence-corrected chi connectivity index (χ2v) is 6.94. The number of hydrogen-bond acceptors (Lipinski definition) is 7. The summed E-state index contributed by atoms with van der Waals surface area (Å²) in [7, 11) is 0. The van der Waals surface area contributed by atoms with Gasteiger partial charge in [-0.05, 0) is 29.8 Å². The van der Waals surface area contributed by atoms with Crippen LogP contribution in [0.25, 0.3) is 11.4 Å². The van der Waals surface area contributed by atoms with E-state index in [1.165, 1.54) is 0 Å². The Morgan fingerprint density at radius 3 is 2.89 bits per heavy atom. The number of nitrogens with one attached hydrogen (secondary N) is 2. The van der Waals surface area contributed by atoms with Crippen molar-refractivity contribution in [3.05, 3.63) is 62.7 Å². The fourth-order valence-electron chi connectivity index (χ4n) is 2.97. The van der Waals surface area contributed by atoms with Crippen LogP contribution in [0, 0.1) is 0 Å². The minimum absolute atomic E-state index is 0.238. The summed E-state index contributed by atoms with van der Waals surface area (Å²) in [6.07, 6.45) is 0.791. The summed E-state index contributed by atoms with van der Waals surface area (Å²) in [5.41, 5.74) is 1.35. The van der Waals surface area contributed by atoms with Crippen LogP contribution in [0.1, 0.15) is 11.7 Å². The van der Waals surface area contributed by atoms with Crippen LogP contribution >= 0.6 is 23.2 Å². The van der Waals surface area contributed by atoms with Gasteiger partial charge in [0.05, 0.1) is 22.2 Å². The van der Waals surface area contributed by atoms with Crippen LogP contribution in [-0.2, 0) is 4.74 Å². The van der Waals surface area contributed by atoms with Gasteiger partial charge in [-0.1, -0.05) is 34.4 Å². The first-order chi connectivity index (χ1) is 13.6. The topological polar surface area (TPSA) is 102 Å². The normalized spacial score (nSPS) is 19.9. The molecule has 0 amide bonds.